The second-order valence-corrected chi connectivity index (χ2v) is 28.8. The molecule has 0 bridgehead atoms. The van der Waals surface area contributed by atoms with Gasteiger partial charge in [-0.25, -0.2) is 0 Å². The summed E-state index contributed by atoms with van der Waals surface area (Å²) in [7, 11) is 13.5. The lowest BCUT2D eigenvalue weighted by Gasteiger charge is -2.42. The van der Waals surface area contributed by atoms with Crippen molar-refractivity contribution in [2.75, 3.05) is 76.6 Å². The molecule has 1 rings (SSSR count). The van der Waals surface area contributed by atoms with Crippen molar-refractivity contribution in [2.24, 2.45) is 59.2 Å². The number of carbonyl (C=O) groups is 12. The SMILES string of the molecule is C/C=C/C[C@@H](C)[C@@H](OC(C)=O)[C@H]1C(=O)N[C@@H](CC)C(=O)N(C)[C@H](CCCNC)C(=O)N(C)[C@@H]([C@H](C)COC)C(=O)C[C@@H](C(C)C)C(=O)N(C)[C@@H](CC(C)C)C(=O)C[C@@H](C)C(=O)C[C@H](C)C(=O)N(C)[C@@H](CC(C)C)C(=O)N(C)[C@@H](CC(C)C)C(=O)N(C)[C@@H](C(C)C)C(=O)N1C. The number of rotatable bonds is 21. The maximum absolute atomic E-state index is 15.6. The quantitative estimate of drug-likeness (QED) is 0.0686. The summed E-state index contributed by atoms with van der Waals surface area (Å²) in [5, 5.41) is 5.96. The minimum absolute atomic E-state index is 0.0128. The normalized spacial score (nSPS) is 26.7. The lowest BCUT2D eigenvalue weighted by molar-refractivity contribution is -0.164. The number of carbonyl (C=O) groups excluding carboxylic acids is 12. The summed E-state index contributed by atoms with van der Waals surface area (Å²) in [5.41, 5.74) is 0. The van der Waals surface area contributed by atoms with Crippen LogP contribution in [0.15, 0.2) is 12.2 Å². The number of hydrogen-bond acceptors (Lipinski definition) is 15. The van der Waals surface area contributed by atoms with Crippen molar-refractivity contribution in [3.05, 3.63) is 12.2 Å². The van der Waals surface area contributed by atoms with Crippen LogP contribution in [0, 0.1) is 59.2 Å². The van der Waals surface area contributed by atoms with Crippen molar-refractivity contribution >= 4 is 70.6 Å². The Morgan fingerprint density at radius 3 is 1.48 bits per heavy atom. The van der Waals surface area contributed by atoms with Gasteiger partial charge in [0.15, 0.2) is 11.6 Å². The summed E-state index contributed by atoms with van der Waals surface area (Å²) in [6, 6.07) is -9.91. The number of hydrogen-bond donors (Lipinski definition) is 2. The minimum atomic E-state index is -1.62. The fourth-order valence-corrected chi connectivity index (χ4v) is 13.0. The molecule has 1 saturated heterocycles. The molecule has 1 aliphatic heterocycles. The van der Waals surface area contributed by atoms with E-state index in [1.807, 2.05) is 47.6 Å². The molecule has 0 aromatic rings. The van der Waals surface area contributed by atoms with E-state index >= 15 is 33.6 Å². The maximum atomic E-state index is 15.6. The fraction of sp³-hybridized carbons (Fsp3) is 0.803. The molecule has 0 saturated carbocycles. The Morgan fingerprint density at radius 1 is 0.553 bits per heavy atom. The van der Waals surface area contributed by atoms with Gasteiger partial charge in [-0.15, -0.1) is 0 Å². The molecule has 2 N–H and O–H groups in total. The molecule has 0 spiro atoms. The molecule has 23 heteroatoms. The number of allylic oxidation sites excluding steroid dienone is 2. The van der Waals surface area contributed by atoms with Crippen molar-refractivity contribution in [3.63, 3.8) is 0 Å². The standard InChI is InChI=1S/C71H125N9O14/c1-27-29-31-46(13)63(94-50(17)81)62-64(85)73-52(28-2)67(88)74(19)53(32-30-33-72-18)68(89)79(24)61(49(16)40-93-26)59(84)39-51(44(9)10)66(87)75(20)54(34-41(3)4)58(83)37-47(14)57(82)38-48(15)65(86)76(21)55(35-42(5)6)69(90)77(22)56(36-43(7)8)70(91)78(23)60(45(11)12)71(92)80(62)25/h27,29,41-49,51-56,60-63,72H,28,30-40H2,1-26H3,(H,73,85)/b29-27+/t46-,47-,48+,49-,51+,52+,53-,54+,55+,56+,60+,61+,62+,63-/m1/s1. The number of nitrogens with zero attached hydrogens (tertiary/aromatic N) is 7. The number of amides is 8. The highest BCUT2D eigenvalue weighted by Gasteiger charge is 2.48. The molecule has 0 unspecified atom stereocenters. The van der Waals surface area contributed by atoms with Crippen LogP contribution < -0.4 is 10.6 Å². The third-order valence-corrected chi connectivity index (χ3v) is 18.7. The summed E-state index contributed by atoms with van der Waals surface area (Å²) in [6.45, 7) is 30.3. The van der Waals surface area contributed by atoms with E-state index in [9.17, 15) is 24.0 Å². The molecule has 1 aliphatic rings. The van der Waals surface area contributed by atoms with Crippen molar-refractivity contribution < 1.29 is 67.0 Å². The molecule has 1 heterocycles. The van der Waals surface area contributed by atoms with Crippen LogP contribution in [0.3, 0.4) is 0 Å². The first-order valence-corrected chi connectivity index (χ1v) is 34.3. The number of Topliss-reactive ketones (excluding diaryl/α,β-unsaturated/α-hetero) is 3. The predicted octanol–water partition coefficient (Wildman–Crippen LogP) is 6.72. The van der Waals surface area contributed by atoms with Gasteiger partial charge in [-0.2, -0.15) is 0 Å². The van der Waals surface area contributed by atoms with E-state index in [4.69, 9.17) is 9.47 Å². The lowest BCUT2D eigenvalue weighted by Crippen LogP contribution is -2.64. The van der Waals surface area contributed by atoms with Gasteiger partial charge in [0.2, 0.25) is 47.3 Å². The predicted molar refractivity (Wildman–Crippen MR) is 365 cm³/mol. The van der Waals surface area contributed by atoms with Crippen LogP contribution in [0.5, 0.6) is 0 Å². The van der Waals surface area contributed by atoms with Crippen LogP contribution in [0.4, 0.5) is 0 Å². The number of nitrogens with one attached hydrogen (secondary N) is 2. The van der Waals surface area contributed by atoms with E-state index in [2.05, 4.69) is 10.6 Å². The average Bonchev–Trinajstić information content (AvgIpc) is 0.815. The Balaban J connectivity index is 4.65. The zero-order valence-electron chi connectivity index (χ0n) is 62.5. The fourth-order valence-electron chi connectivity index (χ4n) is 13.0. The Morgan fingerprint density at radius 2 is 1.01 bits per heavy atom. The largest absolute Gasteiger partial charge is 0.459 e. The highest BCUT2D eigenvalue weighted by molar-refractivity contribution is 6.00. The van der Waals surface area contributed by atoms with Crippen molar-refractivity contribution in [1.29, 1.82) is 0 Å². The number of methoxy groups -OCH3 is 1. The summed E-state index contributed by atoms with van der Waals surface area (Å²) in [5.74, 6) is -12.5. The van der Waals surface area contributed by atoms with Gasteiger partial charge < -0.3 is 54.4 Å². The molecule has 0 aromatic carbocycles. The second kappa shape index (κ2) is 40.5. The van der Waals surface area contributed by atoms with E-state index < -0.39 is 155 Å². The molecule has 94 heavy (non-hydrogen) atoms. The van der Waals surface area contributed by atoms with Gasteiger partial charge in [0.1, 0.15) is 48.1 Å². The number of ketones is 3. The van der Waals surface area contributed by atoms with Crippen LogP contribution in [0.1, 0.15) is 182 Å². The van der Waals surface area contributed by atoms with Crippen molar-refractivity contribution in [3.8, 4) is 0 Å². The zero-order chi connectivity index (χ0) is 72.7. The van der Waals surface area contributed by atoms with E-state index in [0.717, 1.165) is 4.90 Å². The number of ether oxygens (including phenoxy) is 2. The van der Waals surface area contributed by atoms with Gasteiger partial charge in [-0.05, 0) is 101 Å². The van der Waals surface area contributed by atoms with E-state index in [-0.39, 0.29) is 87.3 Å². The smallest absolute Gasteiger partial charge is 0.303 e. The summed E-state index contributed by atoms with van der Waals surface area (Å²) in [4.78, 5) is 188. The van der Waals surface area contributed by atoms with Crippen LogP contribution in [0.25, 0.3) is 0 Å². The van der Waals surface area contributed by atoms with Gasteiger partial charge in [-0.1, -0.05) is 116 Å². The van der Waals surface area contributed by atoms with Gasteiger partial charge in [-0.3, -0.25) is 57.5 Å². The summed E-state index contributed by atoms with van der Waals surface area (Å²) in [6.07, 6.45) is 2.79. The zero-order valence-corrected chi connectivity index (χ0v) is 62.5. The van der Waals surface area contributed by atoms with E-state index in [1.165, 1.54) is 92.8 Å². The van der Waals surface area contributed by atoms with E-state index in [1.54, 1.807) is 82.4 Å². The molecule has 0 radical (unpaired) electrons. The Bertz CT molecular complexity index is 2570. The van der Waals surface area contributed by atoms with Crippen molar-refractivity contribution in [1.82, 2.24) is 44.9 Å². The van der Waals surface area contributed by atoms with Crippen molar-refractivity contribution in [2.45, 2.75) is 236 Å². The Kier molecular flexibility index (Phi) is 37.0. The average molecular weight is 1330 g/mol. The number of esters is 1. The van der Waals surface area contributed by atoms with Crippen LogP contribution in [0.2, 0.25) is 0 Å². The molecule has 1 fully saturated rings. The molecule has 23 nitrogen and oxygen atoms in total. The topological polar surface area (TPSA) is 270 Å². The van der Waals surface area contributed by atoms with Gasteiger partial charge in [0, 0.05) is 106 Å². The molecule has 8 amide bonds. The Hall–Kier alpha value is -6.10. The third kappa shape index (κ3) is 24.2. The summed E-state index contributed by atoms with van der Waals surface area (Å²) >= 11 is 0. The highest BCUT2D eigenvalue weighted by atomic mass is 16.5. The van der Waals surface area contributed by atoms with Crippen LogP contribution >= 0.6 is 0 Å². The van der Waals surface area contributed by atoms with Gasteiger partial charge >= 0.3 is 5.97 Å². The molecule has 538 valence electrons. The summed E-state index contributed by atoms with van der Waals surface area (Å²) < 4.78 is 11.6. The first kappa shape index (κ1) is 85.9. The highest BCUT2D eigenvalue weighted by Crippen LogP contribution is 2.30. The van der Waals surface area contributed by atoms with Gasteiger partial charge in [0.05, 0.1) is 18.7 Å². The van der Waals surface area contributed by atoms with Crippen LogP contribution in [-0.4, -0.2) is 236 Å². The van der Waals surface area contributed by atoms with E-state index in [0.29, 0.717) is 19.4 Å². The molecule has 0 aliphatic carbocycles. The monoisotopic (exact) mass is 1330 g/mol. The molecular weight excluding hydrogens is 1200 g/mol. The Labute approximate surface area is 564 Å². The van der Waals surface area contributed by atoms with Gasteiger partial charge in [0.25, 0.3) is 0 Å². The van der Waals surface area contributed by atoms with Crippen LogP contribution in [-0.2, 0) is 67.0 Å². The third-order valence-electron chi connectivity index (χ3n) is 18.7. The number of likely N-dealkylation sites (N-methyl/N-ethyl adjacent to an activating group) is 7. The maximum Gasteiger partial charge on any atom is 0.303 e. The lowest BCUT2D eigenvalue weighted by atomic mass is 9.83. The first-order valence-electron chi connectivity index (χ1n) is 34.3. The molecular formula is C71H125N9O14. The minimum Gasteiger partial charge on any atom is -0.459 e. The molecule has 14 atom stereocenters. The second-order valence-electron chi connectivity index (χ2n) is 28.8. The first-order chi connectivity index (χ1) is 43.6. The molecule has 0 aromatic heterocycles.